The highest BCUT2D eigenvalue weighted by Crippen LogP contribution is 2.44. The Morgan fingerprint density at radius 3 is 1.97 bits per heavy atom. The molecule has 0 heterocycles. The molecule has 1 aliphatic rings. The van der Waals surface area contributed by atoms with Crippen LogP contribution in [0.25, 0.3) is 11.1 Å². The standard InChI is InChI=1S/C27H34N2O5/c1-5-27(6-2,25(31)32)16-28-24(30)23(17(3)4)29-26(33)34-15-22-20-13-9-7-11-18(20)19-12-8-10-14-21(19)22/h7-14,17,22-23H,5-6,15-16H2,1-4H3,(H,28,30)(H,29,33)(H,31,32). The fourth-order valence-electron chi connectivity index (χ4n) is 4.55. The van der Waals surface area contributed by atoms with Gasteiger partial charge in [0.25, 0.3) is 0 Å². The Balaban J connectivity index is 1.64. The third-order valence-corrected chi connectivity index (χ3v) is 6.97. The third kappa shape index (κ3) is 5.08. The van der Waals surface area contributed by atoms with Crippen LogP contribution in [-0.2, 0) is 14.3 Å². The first-order chi connectivity index (χ1) is 16.2. The van der Waals surface area contributed by atoms with Gasteiger partial charge in [-0.1, -0.05) is 76.2 Å². The Kier molecular flexibility index (Phi) is 7.97. The Labute approximate surface area is 200 Å². The summed E-state index contributed by atoms with van der Waals surface area (Å²) < 4.78 is 5.57. The summed E-state index contributed by atoms with van der Waals surface area (Å²) in [6, 6.07) is 15.3. The largest absolute Gasteiger partial charge is 0.481 e. The molecule has 3 rings (SSSR count). The summed E-state index contributed by atoms with van der Waals surface area (Å²) >= 11 is 0. The number of amides is 2. The molecule has 7 nitrogen and oxygen atoms in total. The number of hydrogen-bond acceptors (Lipinski definition) is 4. The molecule has 0 radical (unpaired) electrons. The van der Waals surface area contributed by atoms with Gasteiger partial charge in [-0.25, -0.2) is 4.79 Å². The second-order valence-corrected chi connectivity index (χ2v) is 9.20. The summed E-state index contributed by atoms with van der Waals surface area (Å²) in [6.07, 6.45) is 0.113. The van der Waals surface area contributed by atoms with Gasteiger partial charge in [0.2, 0.25) is 5.91 Å². The number of alkyl carbamates (subject to hydrolysis) is 1. The molecule has 1 aliphatic carbocycles. The molecule has 2 amide bonds. The van der Waals surface area contributed by atoms with Gasteiger partial charge in [-0.05, 0) is 41.0 Å². The van der Waals surface area contributed by atoms with E-state index in [9.17, 15) is 19.5 Å². The molecule has 1 unspecified atom stereocenters. The zero-order valence-corrected chi connectivity index (χ0v) is 20.3. The maximum atomic E-state index is 12.8. The molecule has 182 valence electrons. The summed E-state index contributed by atoms with van der Waals surface area (Å²) in [5, 5.41) is 15.0. The van der Waals surface area contributed by atoms with Gasteiger partial charge in [-0.3, -0.25) is 9.59 Å². The predicted molar refractivity (Wildman–Crippen MR) is 130 cm³/mol. The van der Waals surface area contributed by atoms with Crippen LogP contribution >= 0.6 is 0 Å². The quantitative estimate of drug-likeness (QED) is 0.476. The Bertz CT molecular complexity index is 999. The summed E-state index contributed by atoms with van der Waals surface area (Å²) in [5.41, 5.74) is 3.47. The first-order valence-corrected chi connectivity index (χ1v) is 11.9. The minimum atomic E-state index is -1.03. The van der Waals surface area contributed by atoms with Crippen molar-refractivity contribution in [2.75, 3.05) is 13.2 Å². The fraction of sp³-hybridized carbons (Fsp3) is 0.444. The van der Waals surface area contributed by atoms with E-state index in [4.69, 9.17) is 4.74 Å². The van der Waals surface area contributed by atoms with E-state index < -0.39 is 29.4 Å². The van der Waals surface area contributed by atoms with Crippen LogP contribution < -0.4 is 10.6 Å². The topological polar surface area (TPSA) is 105 Å². The molecule has 0 spiro atoms. The lowest BCUT2D eigenvalue weighted by Gasteiger charge is -2.29. The van der Waals surface area contributed by atoms with Crippen LogP contribution in [0.1, 0.15) is 57.6 Å². The van der Waals surface area contributed by atoms with Crippen LogP contribution in [0, 0.1) is 11.3 Å². The lowest BCUT2D eigenvalue weighted by atomic mass is 9.82. The summed E-state index contributed by atoms with van der Waals surface area (Å²) in [6.45, 7) is 7.37. The van der Waals surface area contributed by atoms with Gasteiger partial charge in [0.1, 0.15) is 12.6 Å². The zero-order chi connectivity index (χ0) is 24.9. The van der Waals surface area contributed by atoms with Crippen molar-refractivity contribution in [1.82, 2.24) is 10.6 Å². The highest BCUT2D eigenvalue weighted by Gasteiger charge is 2.36. The molecule has 7 heteroatoms. The van der Waals surface area contributed by atoms with Crippen molar-refractivity contribution < 1.29 is 24.2 Å². The number of carboxylic acid groups (broad SMARTS) is 1. The number of carboxylic acids is 1. The van der Waals surface area contributed by atoms with Gasteiger partial charge in [0, 0.05) is 12.5 Å². The second-order valence-electron chi connectivity index (χ2n) is 9.20. The van der Waals surface area contributed by atoms with E-state index in [-0.39, 0.29) is 25.0 Å². The maximum absolute atomic E-state index is 12.8. The number of aliphatic carboxylic acids is 1. The predicted octanol–water partition coefficient (Wildman–Crippen LogP) is 4.56. The highest BCUT2D eigenvalue weighted by atomic mass is 16.5. The van der Waals surface area contributed by atoms with Gasteiger partial charge < -0.3 is 20.5 Å². The molecule has 0 fully saturated rings. The van der Waals surface area contributed by atoms with Crippen molar-refractivity contribution in [2.45, 2.75) is 52.5 Å². The molecule has 0 bridgehead atoms. The first-order valence-electron chi connectivity index (χ1n) is 11.9. The molecule has 0 saturated heterocycles. The normalized spacial score (nSPS) is 13.7. The molecule has 3 N–H and O–H groups in total. The van der Waals surface area contributed by atoms with Gasteiger partial charge in [-0.15, -0.1) is 0 Å². The lowest BCUT2D eigenvalue weighted by molar-refractivity contribution is -0.149. The number of carbonyl (C=O) groups is 3. The molecular formula is C27H34N2O5. The Hall–Kier alpha value is -3.35. The van der Waals surface area contributed by atoms with Crippen molar-refractivity contribution >= 4 is 18.0 Å². The average molecular weight is 467 g/mol. The van der Waals surface area contributed by atoms with Crippen molar-refractivity contribution in [1.29, 1.82) is 0 Å². The number of nitrogens with one attached hydrogen (secondary N) is 2. The highest BCUT2D eigenvalue weighted by molar-refractivity contribution is 5.86. The molecule has 0 saturated carbocycles. The SMILES string of the molecule is CCC(CC)(CNC(=O)C(NC(=O)OCC1c2ccccc2-c2ccccc21)C(C)C)C(=O)O. The van der Waals surface area contributed by atoms with Gasteiger partial charge in [0.05, 0.1) is 5.41 Å². The van der Waals surface area contributed by atoms with E-state index in [1.165, 1.54) is 0 Å². The number of fused-ring (bicyclic) bond motifs is 3. The van der Waals surface area contributed by atoms with E-state index >= 15 is 0 Å². The summed E-state index contributed by atoms with van der Waals surface area (Å²) in [7, 11) is 0. The van der Waals surface area contributed by atoms with Crippen molar-refractivity contribution in [3.05, 3.63) is 59.7 Å². The van der Waals surface area contributed by atoms with Crippen molar-refractivity contribution in [3.8, 4) is 11.1 Å². The molecular weight excluding hydrogens is 432 g/mol. The van der Waals surface area contributed by atoms with E-state index in [2.05, 4.69) is 22.8 Å². The van der Waals surface area contributed by atoms with Crippen LogP contribution in [0.4, 0.5) is 4.79 Å². The Morgan fingerprint density at radius 2 is 1.50 bits per heavy atom. The zero-order valence-electron chi connectivity index (χ0n) is 20.3. The van der Waals surface area contributed by atoms with Crippen LogP contribution in [0.3, 0.4) is 0 Å². The lowest BCUT2D eigenvalue weighted by Crippen LogP contribution is -2.52. The van der Waals surface area contributed by atoms with Gasteiger partial charge >= 0.3 is 12.1 Å². The van der Waals surface area contributed by atoms with Crippen molar-refractivity contribution in [2.24, 2.45) is 11.3 Å². The van der Waals surface area contributed by atoms with Crippen LogP contribution in [0.5, 0.6) is 0 Å². The third-order valence-electron chi connectivity index (χ3n) is 6.97. The Morgan fingerprint density at radius 1 is 0.971 bits per heavy atom. The molecule has 1 atom stereocenters. The number of benzene rings is 2. The maximum Gasteiger partial charge on any atom is 0.407 e. The fourth-order valence-corrected chi connectivity index (χ4v) is 4.55. The minimum Gasteiger partial charge on any atom is -0.481 e. The van der Waals surface area contributed by atoms with Crippen molar-refractivity contribution in [3.63, 3.8) is 0 Å². The summed E-state index contributed by atoms with van der Waals surface area (Å²) in [4.78, 5) is 37.2. The average Bonchev–Trinajstić information content (AvgIpc) is 3.15. The number of ether oxygens (including phenoxy) is 1. The van der Waals surface area contributed by atoms with Gasteiger partial charge in [0.15, 0.2) is 0 Å². The second kappa shape index (κ2) is 10.7. The van der Waals surface area contributed by atoms with E-state index in [0.717, 1.165) is 22.3 Å². The van der Waals surface area contributed by atoms with Crippen LogP contribution in [0.15, 0.2) is 48.5 Å². The molecule has 0 aliphatic heterocycles. The molecule has 34 heavy (non-hydrogen) atoms. The number of hydrogen-bond donors (Lipinski definition) is 3. The van der Waals surface area contributed by atoms with Crippen LogP contribution in [0.2, 0.25) is 0 Å². The molecule has 0 aromatic heterocycles. The van der Waals surface area contributed by atoms with E-state index in [0.29, 0.717) is 12.8 Å². The molecule has 2 aromatic rings. The monoisotopic (exact) mass is 466 g/mol. The first kappa shape index (κ1) is 25.3. The van der Waals surface area contributed by atoms with E-state index in [1.807, 2.05) is 50.2 Å². The summed E-state index contributed by atoms with van der Waals surface area (Å²) in [5.74, 6) is -1.64. The van der Waals surface area contributed by atoms with Crippen LogP contribution in [-0.4, -0.2) is 42.3 Å². The molecule has 2 aromatic carbocycles. The van der Waals surface area contributed by atoms with Gasteiger partial charge in [-0.2, -0.15) is 0 Å². The minimum absolute atomic E-state index is 0.00373. The number of carbonyl (C=O) groups excluding carboxylic acids is 2. The van der Waals surface area contributed by atoms with E-state index in [1.54, 1.807) is 13.8 Å². The number of rotatable bonds is 10. The smallest absolute Gasteiger partial charge is 0.407 e.